The van der Waals surface area contributed by atoms with Gasteiger partial charge in [-0.1, -0.05) is 6.58 Å². The Bertz CT molecular complexity index is 494. The lowest BCUT2D eigenvalue weighted by Crippen LogP contribution is -2.18. The third-order valence-electron chi connectivity index (χ3n) is 2.65. The Labute approximate surface area is 118 Å². The van der Waals surface area contributed by atoms with E-state index in [-0.39, 0.29) is 6.61 Å². The van der Waals surface area contributed by atoms with Gasteiger partial charge in [-0.2, -0.15) is 5.10 Å². The molecule has 0 aliphatic heterocycles. The second-order valence-corrected chi connectivity index (χ2v) is 3.88. The quantitative estimate of drug-likeness (QED) is 0.679. The van der Waals surface area contributed by atoms with Crippen LogP contribution < -0.4 is 10.6 Å². The van der Waals surface area contributed by atoms with Gasteiger partial charge in [-0.15, -0.1) is 0 Å². The number of allylic oxidation sites excluding steroid dienone is 1. The molecule has 0 radical (unpaired) electrons. The van der Waals surface area contributed by atoms with E-state index in [9.17, 15) is 4.79 Å². The maximum absolute atomic E-state index is 11.7. The van der Waals surface area contributed by atoms with Crippen molar-refractivity contribution >= 4 is 5.97 Å². The molecule has 0 spiro atoms. The summed E-state index contributed by atoms with van der Waals surface area (Å²) in [5.74, 6) is -0.428. The van der Waals surface area contributed by atoms with Gasteiger partial charge in [-0.25, -0.2) is 4.79 Å². The van der Waals surface area contributed by atoms with E-state index in [1.807, 2.05) is 0 Å². The molecule has 2 N–H and O–H groups in total. The Balaban J connectivity index is 3.02. The lowest BCUT2D eigenvalue weighted by Gasteiger charge is -2.11. The average Bonchev–Trinajstić information content (AvgIpc) is 2.85. The number of aromatic nitrogens is 2. The molecule has 20 heavy (non-hydrogen) atoms. The topological polar surface area (TPSA) is 77.4 Å². The van der Waals surface area contributed by atoms with Crippen LogP contribution >= 0.6 is 0 Å². The average molecular weight is 280 g/mol. The number of hydrogen-bond acceptors (Lipinski definition) is 6. The van der Waals surface area contributed by atoms with E-state index in [0.717, 1.165) is 5.70 Å². The van der Waals surface area contributed by atoms with Crippen LogP contribution in [0.25, 0.3) is 0 Å². The Morgan fingerprint density at radius 3 is 2.85 bits per heavy atom. The van der Waals surface area contributed by atoms with Crippen molar-refractivity contribution in [2.75, 3.05) is 21.3 Å². The number of esters is 1. The third-order valence-corrected chi connectivity index (χ3v) is 2.65. The lowest BCUT2D eigenvalue weighted by atomic mass is 10.2. The summed E-state index contributed by atoms with van der Waals surface area (Å²) in [6, 6.07) is 0. The molecule has 0 aliphatic rings. The second kappa shape index (κ2) is 8.00. The molecule has 0 atom stereocenters. The van der Waals surface area contributed by atoms with Gasteiger partial charge >= 0.3 is 5.97 Å². The SMILES string of the molecule is C=CN/C=C(/Cn1ncc(C(=O)OC)c1COC)NC. The fraction of sp³-hybridized carbons (Fsp3) is 0.385. The van der Waals surface area contributed by atoms with E-state index in [2.05, 4.69) is 22.3 Å². The van der Waals surface area contributed by atoms with Crippen LogP contribution in [0.15, 0.2) is 30.9 Å². The van der Waals surface area contributed by atoms with Crippen molar-refractivity contribution in [1.82, 2.24) is 20.4 Å². The van der Waals surface area contributed by atoms with Crippen molar-refractivity contribution in [3.63, 3.8) is 0 Å². The molecule has 0 unspecified atom stereocenters. The molecular formula is C13H20N4O3. The molecule has 0 aromatic carbocycles. The molecule has 0 fully saturated rings. The number of methoxy groups -OCH3 is 2. The van der Waals surface area contributed by atoms with Gasteiger partial charge in [0, 0.05) is 26.1 Å². The van der Waals surface area contributed by atoms with E-state index in [1.54, 1.807) is 31.2 Å². The van der Waals surface area contributed by atoms with Crippen LogP contribution in [0.3, 0.4) is 0 Å². The normalized spacial score (nSPS) is 11.1. The molecular weight excluding hydrogens is 260 g/mol. The number of hydrogen-bond donors (Lipinski definition) is 2. The molecule has 1 heterocycles. The highest BCUT2D eigenvalue weighted by molar-refractivity contribution is 5.90. The monoisotopic (exact) mass is 280 g/mol. The molecule has 0 saturated carbocycles. The third kappa shape index (κ3) is 3.86. The summed E-state index contributed by atoms with van der Waals surface area (Å²) >= 11 is 0. The van der Waals surface area contributed by atoms with Crippen LogP contribution in [-0.2, 0) is 22.6 Å². The van der Waals surface area contributed by atoms with Gasteiger partial charge in [0.2, 0.25) is 0 Å². The molecule has 0 bridgehead atoms. The Morgan fingerprint density at radius 2 is 2.30 bits per heavy atom. The minimum Gasteiger partial charge on any atom is -0.465 e. The lowest BCUT2D eigenvalue weighted by molar-refractivity contribution is 0.0595. The zero-order chi connectivity index (χ0) is 15.0. The summed E-state index contributed by atoms with van der Waals surface area (Å²) in [5, 5.41) is 10.1. The van der Waals surface area contributed by atoms with Gasteiger partial charge in [-0.05, 0) is 6.20 Å². The first-order valence-electron chi connectivity index (χ1n) is 6.03. The molecule has 1 aromatic heterocycles. The van der Waals surface area contributed by atoms with Crippen LogP contribution in [0.4, 0.5) is 0 Å². The molecule has 7 nitrogen and oxygen atoms in total. The molecule has 7 heteroatoms. The maximum Gasteiger partial charge on any atom is 0.341 e. The number of nitrogens with one attached hydrogen (secondary N) is 2. The zero-order valence-corrected chi connectivity index (χ0v) is 12.0. The van der Waals surface area contributed by atoms with Crippen LogP contribution in [0.5, 0.6) is 0 Å². The Hall–Kier alpha value is -2.28. The van der Waals surface area contributed by atoms with Crippen LogP contribution in [-0.4, -0.2) is 37.0 Å². The first-order valence-corrected chi connectivity index (χ1v) is 6.03. The predicted octanol–water partition coefficient (Wildman–Crippen LogP) is 0.610. The predicted molar refractivity (Wildman–Crippen MR) is 74.8 cm³/mol. The first-order chi connectivity index (χ1) is 9.67. The van der Waals surface area contributed by atoms with Crippen LogP contribution in [0.1, 0.15) is 16.1 Å². The summed E-state index contributed by atoms with van der Waals surface area (Å²) < 4.78 is 11.5. The summed E-state index contributed by atoms with van der Waals surface area (Å²) in [7, 11) is 4.70. The number of likely N-dealkylation sites (N-methyl/N-ethyl adjacent to an activating group) is 1. The summed E-state index contributed by atoms with van der Waals surface area (Å²) in [6.07, 6.45) is 4.81. The summed E-state index contributed by atoms with van der Waals surface area (Å²) in [5.41, 5.74) is 1.95. The molecule has 0 saturated heterocycles. The van der Waals surface area contributed by atoms with E-state index in [4.69, 9.17) is 9.47 Å². The largest absolute Gasteiger partial charge is 0.465 e. The van der Waals surface area contributed by atoms with Gasteiger partial charge in [0.15, 0.2) is 0 Å². The fourth-order valence-corrected chi connectivity index (χ4v) is 1.63. The summed E-state index contributed by atoms with van der Waals surface area (Å²) in [6.45, 7) is 4.31. The van der Waals surface area contributed by atoms with E-state index in [1.165, 1.54) is 13.3 Å². The first kappa shape index (κ1) is 15.8. The van der Waals surface area contributed by atoms with Crippen molar-refractivity contribution in [2.24, 2.45) is 0 Å². The van der Waals surface area contributed by atoms with Crippen LogP contribution in [0, 0.1) is 0 Å². The van der Waals surface area contributed by atoms with Gasteiger partial charge in [-0.3, -0.25) is 4.68 Å². The molecule has 1 aromatic rings. The molecule has 0 amide bonds. The summed E-state index contributed by atoms with van der Waals surface area (Å²) in [4.78, 5) is 11.7. The number of nitrogens with zero attached hydrogens (tertiary/aromatic N) is 2. The standard InChI is InChI=1S/C13H20N4O3/c1-5-15-6-10(14-2)8-17-12(9-19-3)11(7-16-17)13(18)20-4/h5-7,14-15H,1,8-9H2,2-4H3/b10-6-. The van der Waals surface area contributed by atoms with Gasteiger partial charge in [0.1, 0.15) is 5.56 Å². The Morgan fingerprint density at radius 1 is 1.55 bits per heavy atom. The zero-order valence-electron chi connectivity index (χ0n) is 12.0. The van der Waals surface area contributed by atoms with Crippen molar-refractivity contribution in [1.29, 1.82) is 0 Å². The Kier molecular flexibility index (Phi) is 6.31. The van der Waals surface area contributed by atoms with E-state index in [0.29, 0.717) is 17.8 Å². The van der Waals surface area contributed by atoms with Gasteiger partial charge in [0.25, 0.3) is 0 Å². The number of rotatable bonds is 8. The van der Waals surface area contributed by atoms with Crippen molar-refractivity contribution in [2.45, 2.75) is 13.2 Å². The number of carbonyl (C=O) groups excluding carboxylic acids is 1. The number of carbonyl (C=O) groups is 1. The van der Waals surface area contributed by atoms with E-state index >= 15 is 0 Å². The van der Waals surface area contributed by atoms with Gasteiger partial charge in [0.05, 0.1) is 32.2 Å². The molecule has 110 valence electrons. The highest BCUT2D eigenvalue weighted by atomic mass is 16.5. The second-order valence-electron chi connectivity index (χ2n) is 3.88. The van der Waals surface area contributed by atoms with E-state index < -0.39 is 5.97 Å². The van der Waals surface area contributed by atoms with Crippen molar-refractivity contribution in [3.05, 3.63) is 42.1 Å². The van der Waals surface area contributed by atoms with Crippen molar-refractivity contribution < 1.29 is 14.3 Å². The minimum atomic E-state index is -0.428. The fourth-order valence-electron chi connectivity index (χ4n) is 1.63. The maximum atomic E-state index is 11.7. The smallest absolute Gasteiger partial charge is 0.341 e. The number of ether oxygens (including phenoxy) is 2. The van der Waals surface area contributed by atoms with Gasteiger partial charge < -0.3 is 20.1 Å². The minimum absolute atomic E-state index is 0.274. The highest BCUT2D eigenvalue weighted by Gasteiger charge is 2.18. The molecule has 0 aliphatic carbocycles. The van der Waals surface area contributed by atoms with Crippen LogP contribution in [0.2, 0.25) is 0 Å². The van der Waals surface area contributed by atoms with Crippen molar-refractivity contribution in [3.8, 4) is 0 Å². The molecule has 1 rings (SSSR count). The highest BCUT2D eigenvalue weighted by Crippen LogP contribution is 2.12.